The lowest BCUT2D eigenvalue weighted by atomic mass is 9.73. The van der Waals surface area contributed by atoms with Gasteiger partial charge < -0.3 is 29.1 Å². The highest BCUT2D eigenvalue weighted by molar-refractivity contribution is 6.05. The molecule has 1 spiro atoms. The number of carbonyl (C=O) groups is 3. The second kappa shape index (κ2) is 10.4. The number of ether oxygens (including phenoxy) is 3. The molecule has 0 bridgehead atoms. The third-order valence-electron chi connectivity index (χ3n) is 9.07. The van der Waals surface area contributed by atoms with Crippen LogP contribution < -0.4 is 9.64 Å². The molecule has 5 rings (SSSR count). The molecule has 1 aromatic carbocycles. The molecular weight excluding hydrogens is 500 g/mol. The zero-order valence-corrected chi connectivity index (χ0v) is 23.0. The van der Waals surface area contributed by atoms with Crippen molar-refractivity contribution in [2.45, 2.75) is 63.3 Å². The van der Waals surface area contributed by atoms with E-state index in [2.05, 4.69) is 0 Å². The zero-order valence-electron chi connectivity index (χ0n) is 23.0. The van der Waals surface area contributed by atoms with Gasteiger partial charge in [-0.05, 0) is 43.0 Å². The zero-order chi connectivity index (χ0) is 27.9. The predicted octanol–water partition coefficient (Wildman–Crippen LogP) is 2.87. The third-order valence-corrected chi connectivity index (χ3v) is 9.07. The van der Waals surface area contributed by atoms with E-state index in [1.54, 1.807) is 36.3 Å². The fraction of sp³-hybridized carbons (Fsp3) is 0.567. The van der Waals surface area contributed by atoms with Crippen LogP contribution >= 0.6 is 0 Å². The highest BCUT2D eigenvalue weighted by Crippen LogP contribution is 2.59. The summed E-state index contributed by atoms with van der Waals surface area (Å²) in [5.74, 6) is -2.48. The number of hydrogen-bond donors (Lipinski definition) is 1. The van der Waals surface area contributed by atoms with Crippen molar-refractivity contribution >= 4 is 23.5 Å². The Kier molecular flexibility index (Phi) is 7.33. The van der Waals surface area contributed by atoms with Gasteiger partial charge in [-0.25, -0.2) is 0 Å². The molecule has 9 heteroatoms. The number of cyclic esters (lactones) is 1. The Balaban J connectivity index is 1.69. The lowest BCUT2D eigenvalue weighted by molar-refractivity contribution is -0.162. The maximum absolute atomic E-state index is 14.6. The molecule has 1 unspecified atom stereocenters. The molecule has 1 aromatic rings. The van der Waals surface area contributed by atoms with Crippen molar-refractivity contribution in [1.82, 2.24) is 4.90 Å². The number of fused-ring (bicyclic) bond motifs is 2. The third kappa shape index (κ3) is 4.09. The first-order valence-electron chi connectivity index (χ1n) is 13.9. The molecule has 4 heterocycles. The Morgan fingerprint density at radius 3 is 2.46 bits per heavy atom. The topological polar surface area (TPSA) is 106 Å². The monoisotopic (exact) mass is 538 g/mol. The average Bonchev–Trinajstić information content (AvgIpc) is 3.29. The molecule has 1 N–H and O–H groups in total. The van der Waals surface area contributed by atoms with Crippen molar-refractivity contribution in [2.75, 3.05) is 31.8 Å². The van der Waals surface area contributed by atoms with Crippen LogP contribution in [0.15, 0.2) is 48.6 Å². The Hall–Kier alpha value is -3.17. The molecule has 0 saturated carbocycles. The summed E-state index contributed by atoms with van der Waals surface area (Å²) < 4.78 is 17.8. The van der Waals surface area contributed by atoms with Crippen LogP contribution in [0, 0.1) is 17.8 Å². The number of aliphatic hydroxyl groups excluding tert-OH is 1. The molecule has 0 aliphatic carbocycles. The number of amides is 2. The van der Waals surface area contributed by atoms with Crippen LogP contribution in [0.1, 0.15) is 40.0 Å². The van der Waals surface area contributed by atoms with Gasteiger partial charge in [0.25, 0.3) is 5.91 Å². The van der Waals surface area contributed by atoms with Crippen molar-refractivity contribution in [2.24, 2.45) is 17.8 Å². The van der Waals surface area contributed by atoms with E-state index in [1.165, 1.54) is 4.90 Å². The number of hydrogen-bond acceptors (Lipinski definition) is 7. The number of esters is 1. The fourth-order valence-corrected chi connectivity index (χ4v) is 6.83. The molecule has 0 radical (unpaired) electrons. The number of aliphatic hydroxyl groups is 1. The largest absolute Gasteiger partial charge is 0.497 e. The van der Waals surface area contributed by atoms with Crippen LogP contribution in [0.2, 0.25) is 0 Å². The van der Waals surface area contributed by atoms with Crippen molar-refractivity contribution in [1.29, 1.82) is 0 Å². The van der Waals surface area contributed by atoms with Crippen molar-refractivity contribution in [3.05, 3.63) is 48.6 Å². The summed E-state index contributed by atoms with van der Waals surface area (Å²) in [6, 6.07) is 5.48. The van der Waals surface area contributed by atoms with Crippen LogP contribution in [0.4, 0.5) is 5.69 Å². The number of methoxy groups -OCH3 is 1. The van der Waals surface area contributed by atoms with Gasteiger partial charge in [0.2, 0.25) is 5.91 Å². The molecule has 2 saturated heterocycles. The van der Waals surface area contributed by atoms with Crippen LogP contribution in [0.25, 0.3) is 0 Å². The van der Waals surface area contributed by atoms with Gasteiger partial charge >= 0.3 is 5.97 Å². The predicted molar refractivity (Wildman–Crippen MR) is 144 cm³/mol. The summed E-state index contributed by atoms with van der Waals surface area (Å²) in [5, 5.41) is 10.5. The van der Waals surface area contributed by atoms with Crippen LogP contribution in [0.5, 0.6) is 5.75 Å². The maximum atomic E-state index is 14.6. The standard InChI is InChI=1S/C30H38N2O7/c1-5-19(3)22(18-33)32-25-27(35)31(20-10-12-21(37-4)13-11-20)16-9-15-30(25)23(26(32)34)24-28(36)38-17-8-7-14-29(24,6-2)39-30/h7,9-15,19,22-25,33H,5-6,8,16-18H2,1-4H3/t19-,22-,23-,24+,25?,29-,30-/m0/s1. The minimum atomic E-state index is -1.40. The second-order valence-electron chi connectivity index (χ2n) is 10.9. The molecule has 7 atom stereocenters. The first-order chi connectivity index (χ1) is 18.8. The molecule has 210 valence electrons. The highest BCUT2D eigenvalue weighted by Gasteiger charge is 2.76. The van der Waals surface area contributed by atoms with Crippen molar-refractivity contribution < 1.29 is 33.7 Å². The van der Waals surface area contributed by atoms with Gasteiger partial charge in [-0.15, -0.1) is 0 Å². The molecule has 4 aliphatic rings. The molecular formula is C30H38N2O7. The van der Waals surface area contributed by atoms with E-state index in [-0.39, 0.29) is 37.5 Å². The summed E-state index contributed by atoms with van der Waals surface area (Å²) >= 11 is 0. The lowest BCUT2D eigenvalue weighted by Crippen LogP contribution is -2.60. The summed E-state index contributed by atoms with van der Waals surface area (Å²) in [6.07, 6.45) is 9.16. The smallest absolute Gasteiger partial charge is 0.313 e. The van der Waals surface area contributed by atoms with E-state index >= 15 is 0 Å². The first kappa shape index (κ1) is 27.4. The summed E-state index contributed by atoms with van der Waals surface area (Å²) in [6.45, 7) is 6.03. The van der Waals surface area contributed by atoms with Crippen molar-refractivity contribution in [3.63, 3.8) is 0 Å². The van der Waals surface area contributed by atoms with Gasteiger partial charge in [0.05, 0.1) is 32.3 Å². The molecule has 2 fully saturated rings. The minimum Gasteiger partial charge on any atom is -0.497 e. The minimum absolute atomic E-state index is 0.0931. The van der Waals surface area contributed by atoms with E-state index in [0.29, 0.717) is 30.7 Å². The Morgan fingerprint density at radius 2 is 1.82 bits per heavy atom. The molecule has 2 amide bonds. The normalized spacial score (nSPS) is 33.5. The summed E-state index contributed by atoms with van der Waals surface area (Å²) in [7, 11) is 1.58. The van der Waals surface area contributed by atoms with Crippen LogP contribution in [-0.4, -0.2) is 77.9 Å². The van der Waals surface area contributed by atoms with Gasteiger partial charge in [0, 0.05) is 12.2 Å². The summed E-state index contributed by atoms with van der Waals surface area (Å²) in [4.78, 5) is 45.8. The molecule has 0 aromatic heterocycles. The molecule has 4 aliphatic heterocycles. The van der Waals surface area contributed by atoms with Gasteiger partial charge in [0.15, 0.2) is 0 Å². The van der Waals surface area contributed by atoms with Gasteiger partial charge in [-0.1, -0.05) is 51.5 Å². The maximum Gasteiger partial charge on any atom is 0.313 e. The van der Waals surface area contributed by atoms with Gasteiger partial charge in [0.1, 0.15) is 28.9 Å². The number of carbonyl (C=O) groups excluding carboxylic acids is 3. The van der Waals surface area contributed by atoms with Gasteiger partial charge in [-0.3, -0.25) is 14.4 Å². The van der Waals surface area contributed by atoms with E-state index in [9.17, 15) is 19.5 Å². The Bertz CT molecular complexity index is 1180. The SMILES string of the molecule is CC[C@H](C)[C@H](CO)N1C(=O)[C@@H]2[C@@H]3C(=O)OCCC=C[C@]3(CC)O[C@@]23C=CCN(c2ccc(OC)cc2)C(=O)C13. The first-order valence-corrected chi connectivity index (χ1v) is 13.9. The number of rotatable bonds is 7. The second-order valence-corrected chi connectivity index (χ2v) is 10.9. The van der Waals surface area contributed by atoms with Crippen LogP contribution in [0.3, 0.4) is 0 Å². The lowest BCUT2D eigenvalue weighted by Gasteiger charge is -2.42. The number of nitrogens with zero attached hydrogens (tertiary/aromatic N) is 2. The Labute approximate surface area is 229 Å². The van der Waals surface area contributed by atoms with E-state index < -0.39 is 41.1 Å². The molecule has 9 nitrogen and oxygen atoms in total. The van der Waals surface area contributed by atoms with Gasteiger partial charge in [-0.2, -0.15) is 0 Å². The number of benzene rings is 1. The Morgan fingerprint density at radius 1 is 1.08 bits per heavy atom. The van der Waals surface area contributed by atoms with E-state index in [0.717, 1.165) is 0 Å². The van der Waals surface area contributed by atoms with E-state index in [1.807, 2.05) is 45.1 Å². The number of anilines is 1. The van der Waals surface area contributed by atoms with Crippen LogP contribution in [-0.2, 0) is 23.9 Å². The molecule has 39 heavy (non-hydrogen) atoms. The average molecular weight is 539 g/mol. The van der Waals surface area contributed by atoms with Crippen molar-refractivity contribution in [3.8, 4) is 5.75 Å². The van der Waals surface area contributed by atoms with E-state index in [4.69, 9.17) is 14.2 Å². The fourth-order valence-electron chi connectivity index (χ4n) is 6.83. The summed E-state index contributed by atoms with van der Waals surface area (Å²) in [5.41, 5.74) is -1.84. The number of likely N-dealkylation sites (tertiary alicyclic amines) is 1. The highest BCUT2D eigenvalue weighted by atomic mass is 16.6. The quantitative estimate of drug-likeness (QED) is 0.420.